The van der Waals surface area contributed by atoms with Crippen LogP contribution in [0.15, 0.2) is 48.5 Å². The number of fused-ring (bicyclic) bond motifs is 3. The molecule has 1 aliphatic carbocycles. The summed E-state index contributed by atoms with van der Waals surface area (Å²) in [6.07, 6.45) is 0.100. The third-order valence-corrected chi connectivity index (χ3v) is 8.19. The van der Waals surface area contributed by atoms with E-state index in [4.69, 9.17) is 14.2 Å². The minimum atomic E-state index is -1.50. The third kappa shape index (κ3) is 5.39. The number of amides is 2. The Morgan fingerprint density at radius 3 is 2.05 bits per heavy atom. The summed E-state index contributed by atoms with van der Waals surface area (Å²) >= 11 is 0. The van der Waals surface area contributed by atoms with E-state index >= 15 is 0 Å². The maximum atomic E-state index is 13.9. The molecule has 0 saturated carbocycles. The van der Waals surface area contributed by atoms with E-state index in [9.17, 15) is 19.5 Å². The molecule has 9 heteroatoms. The highest BCUT2D eigenvalue weighted by molar-refractivity contribution is 5.85. The van der Waals surface area contributed by atoms with Crippen LogP contribution in [-0.4, -0.2) is 83.2 Å². The lowest BCUT2D eigenvalue weighted by Gasteiger charge is -2.48. The van der Waals surface area contributed by atoms with Gasteiger partial charge >= 0.3 is 18.2 Å². The van der Waals surface area contributed by atoms with E-state index in [-0.39, 0.29) is 44.5 Å². The van der Waals surface area contributed by atoms with Crippen LogP contribution in [0, 0.1) is 0 Å². The SMILES string of the molecule is CC(C)(C)OC(=O)N1CCC(C(=O)O)(N(C(=O)OCC2c3ccccc3-c3ccccc32)C2CCOCC2)CC1. The summed E-state index contributed by atoms with van der Waals surface area (Å²) < 4.78 is 17.0. The molecule has 2 aromatic rings. The molecule has 0 unspecified atom stereocenters. The van der Waals surface area contributed by atoms with Crippen molar-refractivity contribution in [1.29, 1.82) is 0 Å². The molecule has 3 aliphatic rings. The zero-order valence-corrected chi connectivity index (χ0v) is 23.4. The van der Waals surface area contributed by atoms with Crippen LogP contribution >= 0.6 is 0 Å². The number of rotatable bonds is 5. The normalized spacial score (nSPS) is 18.9. The molecular formula is C31H38N2O7. The van der Waals surface area contributed by atoms with Crippen LogP contribution < -0.4 is 0 Å². The largest absolute Gasteiger partial charge is 0.479 e. The first-order valence-electron chi connectivity index (χ1n) is 14.0. The summed E-state index contributed by atoms with van der Waals surface area (Å²) in [6.45, 7) is 6.69. The van der Waals surface area contributed by atoms with Crippen molar-refractivity contribution >= 4 is 18.2 Å². The van der Waals surface area contributed by atoms with E-state index in [0.29, 0.717) is 26.1 Å². The lowest BCUT2D eigenvalue weighted by Crippen LogP contribution is -2.65. The van der Waals surface area contributed by atoms with Crippen molar-refractivity contribution in [3.8, 4) is 11.1 Å². The number of hydrogen-bond acceptors (Lipinski definition) is 6. The zero-order valence-electron chi connectivity index (χ0n) is 23.4. The van der Waals surface area contributed by atoms with Crippen LogP contribution in [0.4, 0.5) is 9.59 Å². The lowest BCUT2D eigenvalue weighted by molar-refractivity contribution is -0.157. The number of carbonyl (C=O) groups excluding carboxylic acids is 2. The van der Waals surface area contributed by atoms with E-state index in [1.165, 1.54) is 9.80 Å². The minimum Gasteiger partial charge on any atom is -0.479 e. The number of carbonyl (C=O) groups is 3. The van der Waals surface area contributed by atoms with Crippen LogP contribution in [0.25, 0.3) is 11.1 Å². The van der Waals surface area contributed by atoms with Crippen molar-refractivity contribution in [1.82, 2.24) is 9.80 Å². The first-order chi connectivity index (χ1) is 19.1. The molecule has 2 saturated heterocycles. The molecule has 0 bridgehead atoms. The van der Waals surface area contributed by atoms with Gasteiger partial charge < -0.3 is 24.2 Å². The van der Waals surface area contributed by atoms with E-state index in [1.807, 2.05) is 24.3 Å². The number of nitrogens with zero attached hydrogens (tertiary/aromatic N) is 2. The van der Waals surface area contributed by atoms with Gasteiger partial charge in [-0.15, -0.1) is 0 Å². The molecule has 214 valence electrons. The number of ether oxygens (including phenoxy) is 3. The maximum Gasteiger partial charge on any atom is 0.411 e. The molecule has 0 aromatic heterocycles. The Kier molecular flexibility index (Phi) is 7.77. The summed E-state index contributed by atoms with van der Waals surface area (Å²) in [5.41, 5.74) is 2.27. The van der Waals surface area contributed by atoms with Crippen LogP contribution in [0.3, 0.4) is 0 Å². The second kappa shape index (κ2) is 11.1. The summed E-state index contributed by atoms with van der Waals surface area (Å²) in [5, 5.41) is 10.6. The van der Waals surface area contributed by atoms with E-state index < -0.39 is 29.3 Å². The van der Waals surface area contributed by atoms with Gasteiger partial charge in [-0.05, 0) is 68.7 Å². The van der Waals surface area contributed by atoms with Crippen molar-refractivity contribution in [2.45, 2.75) is 69.6 Å². The van der Waals surface area contributed by atoms with Crippen LogP contribution in [-0.2, 0) is 19.0 Å². The fourth-order valence-electron chi connectivity index (χ4n) is 6.22. The molecule has 2 fully saturated rings. The summed E-state index contributed by atoms with van der Waals surface area (Å²) in [7, 11) is 0. The molecular weight excluding hydrogens is 512 g/mol. The molecule has 5 rings (SSSR count). The van der Waals surface area contributed by atoms with Gasteiger partial charge in [0, 0.05) is 38.3 Å². The Morgan fingerprint density at radius 2 is 1.52 bits per heavy atom. The number of piperidine rings is 1. The highest BCUT2D eigenvalue weighted by Gasteiger charge is 2.53. The second-order valence-corrected chi connectivity index (χ2v) is 11.8. The average Bonchev–Trinajstić information content (AvgIpc) is 3.25. The Hall–Kier alpha value is -3.59. The van der Waals surface area contributed by atoms with Crippen LogP contribution in [0.5, 0.6) is 0 Å². The van der Waals surface area contributed by atoms with Gasteiger partial charge in [-0.1, -0.05) is 48.5 Å². The first kappa shape index (κ1) is 28.0. The number of aliphatic carboxylic acids is 1. The monoisotopic (exact) mass is 550 g/mol. The van der Waals surface area contributed by atoms with Gasteiger partial charge in [0.25, 0.3) is 0 Å². The number of carboxylic acid groups (broad SMARTS) is 1. The van der Waals surface area contributed by atoms with Crippen molar-refractivity contribution in [3.05, 3.63) is 59.7 Å². The predicted octanol–water partition coefficient (Wildman–Crippen LogP) is 5.27. The highest BCUT2D eigenvalue weighted by atomic mass is 16.6. The van der Waals surface area contributed by atoms with Gasteiger partial charge in [-0.25, -0.2) is 14.4 Å². The average molecular weight is 551 g/mol. The zero-order chi connectivity index (χ0) is 28.5. The number of likely N-dealkylation sites (tertiary alicyclic amines) is 1. The summed E-state index contributed by atoms with van der Waals surface area (Å²) in [4.78, 5) is 42.5. The van der Waals surface area contributed by atoms with Crippen molar-refractivity contribution in [3.63, 3.8) is 0 Å². The molecule has 1 N–H and O–H groups in total. The highest BCUT2D eigenvalue weighted by Crippen LogP contribution is 2.45. The minimum absolute atomic E-state index is 0.0864. The molecule has 2 heterocycles. The smallest absolute Gasteiger partial charge is 0.411 e. The van der Waals surface area contributed by atoms with E-state index in [1.54, 1.807) is 20.8 Å². The molecule has 2 amide bonds. The van der Waals surface area contributed by atoms with Crippen molar-refractivity contribution < 1.29 is 33.7 Å². The third-order valence-electron chi connectivity index (χ3n) is 8.19. The Morgan fingerprint density at radius 1 is 0.975 bits per heavy atom. The van der Waals surface area contributed by atoms with Crippen LogP contribution in [0.1, 0.15) is 63.5 Å². The number of benzene rings is 2. The Labute approximate surface area is 235 Å². The van der Waals surface area contributed by atoms with Gasteiger partial charge in [-0.3, -0.25) is 4.90 Å². The van der Waals surface area contributed by atoms with Crippen molar-refractivity contribution in [2.75, 3.05) is 32.9 Å². The Bertz CT molecular complexity index is 1210. The quantitative estimate of drug-likeness (QED) is 0.541. The summed E-state index contributed by atoms with van der Waals surface area (Å²) in [6, 6.07) is 15.9. The topological polar surface area (TPSA) is 106 Å². The Balaban J connectivity index is 1.38. The molecule has 40 heavy (non-hydrogen) atoms. The van der Waals surface area contributed by atoms with Crippen LogP contribution in [0.2, 0.25) is 0 Å². The van der Waals surface area contributed by atoms with Gasteiger partial charge in [0.2, 0.25) is 0 Å². The maximum absolute atomic E-state index is 13.9. The predicted molar refractivity (Wildman–Crippen MR) is 148 cm³/mol. The molecule has 2 aromatic carbocycles. The number of carboxylic acids is 1. The second-order valence-electron chi connectivity index (χ2n) is 11.8. The first-order valence-corrected chi connectivity index (χ1v) is 14.0. The van der Waals surface area contributed by atoms with Gasteiger partial charge in [0.05, 0.1) is 0 Å². The molecule has 0 atom stereocenters. The van der Waals surface area contributed by atoms with E-state index in [0.717, 1.165) is 22.3 Å². The molecule has 9 nitrogen and oxygen atoms in total. The number of hydrogen-bond donors (Lipinski definition) is 1. The lowest BCUT2D eigenvalue weighted by atomic mass is 9.83. The van der Waals surface area contributed by atoms with Crippen molar-refractivity contribution in [2.24, 2.45) is 0 Å². The fourth-order valence-corrected chi connectivity index (χ4v) is 6.22. The standard InChI is InChI=1S/C31H38N2O7/c1-30(2,3)40-28(36)32-16-14-31(15-17-32,27(34)35)33(21-12-18-38-19-13-21)29(37)39-20-26-24-10-6-4-8-22(24)23-9-5-7-11-25(23)26/h4-11,21,26H,12-20H2,1-3H3,(H,34,35). The van der Waals surface area contributed by atoms with Gasteiger partial charge in [0.15, 0.2) is 0 Å². The summed E-state index contributed by atoms with van der Waals surface area (Å²) in [5.74, 6) is -1.22. The molecule has 2 aliphatic heterocycles. The molecule has 0 spiro atoms. The van der Waals surface area contributed by atoms with Gasteiger partial charge in [0.1, 0.15) is 17.7 Å². The van der Waals surface area contributed by atoms with E-state index in [2.05, 4.69) is 24.3 Å². The fraction of sp³-hybridized carbons (Fsp3) is 0.516. The van der Waals surface area contributed by atoms with Gasteiger partial charge in [-0.2, -0.15) is 0 Å². The molecule has 0 radical (unpaired) electrons.